The van der Waals surface area contributed by atoms with Crippen LogP contribution in [0.25, 0.3) is 11.1 Å². The van der Waals surface area contributed by atoms with E-state index in [1.807, 2.05) is 48.5 Å². The van der Waals surface area contributed by atoms with Gasteiger partial charge in [0.05, 0.1) is 6.61 Å². The van der Waals surface area contributed by atoms with E-state index in [-0.39, 0.29) is 6.61 Å². The molecule has 1 heteroatoms. The van der Waals surface area contributed by atoms with Crippen LogP contribution in [0.15, 0.2) is 48.5 Å². The summed E-state index contributed by atoms with van der Waals surface area (Å²) in [5.41, 5.74) is 3.22. The van der Waals surface area contributed by atoms with Crippen molar-refractivity contribution in [2.45, 2.75) is 6.61 Å². The molecule has 1 N–H and O–H groups in total. The molecule has 0 saturated carbocycles. The fourth-order valence-corrected chi connectivity index (χ4v) is 1.43. The topological polar surface area (TPSA) is 20.2 Å². The molecule has 0 heterocycles. The minimum Gasteiger partial charge on any atom is -0.392 e. The summed E-state index contributed by atoms with van der Waals surface area (Å²) in [7, 11) is 0. The van der Waals surface area contributed by atoms with Crippen molar-refractivity contribution >= 4 is 0 Å². The first-order valence-electron chi connectivity index (χ1n) is 4.56. The van der Waals surface area contributed by atoms with E-state index < -0.39 is 0 Å². The summed E-state index contributed by atoms with van der Waals surface area (Å²) in [6, 6.07) is 18.7. The smallest absolute Gasteiger partial charge is 0.0682 e. The molecule has 2 aromatic rings. The Morgan fingerprint density at radius 2 is 1.79 bits per heavy atom. The molecule has 14 heavy (non-hydrogen) atoms. The monoisotopic (exact) mass is 183 g/mol. The van der Waals surface area contributed by atoms with Crippen LogP contribution in [0.5, 0.6) is 0 Å². The second-order valence-electron chi connectivity index (χ2n) is 3.15. The van der Waals surface area contributed by atoms with E-state index in [1.165, 1.54) is 0 Å². The summed E-state index contributed by atoms with van der Waals surface area (Å²) in [5.74, 6) is 0. The van der Waals surface area contributed by atoms with Gasteiger partial charge in [-0.1, -0.05) is 42.5 Å². The normalized spacial score (nSPS) is 10.1. The van der Waals surface area contributed by atoms with E-state index in [2.05, 4.69) is 6.07 Å². The summed E-state index contributed by atoms with van der Waals surface area (Å²) in [6.07, 6.45) is 0. The van der Waals surface area contributed by atoms with E-state index in [0.717, 1.165) is 16.7 Å². The summed E-state index contributed by atoms with van der Waals surface area (Å²) in [6.45, 7) is 0.0901. The maximum absolute atomic E-state index is 9.00. The van der Waals surface area contributed by atoms with Crippen LogP contribution < -0.4 is 0 Å². The lowest BCUT2D eigenvalue weighted by Crippen LogP contribution is -1.83. The Balaban J connectivity index is 2.42. The summed E-state index contributed by atoms with van der Waals surface area (Å²) < 4.78 is 0. The van der Waals surface area contributed by atoms with Crippen LogP contribution in [-0.2, 0) is 6.61 Å². The van der Waals surface area contributed by atoms with Crippen molar-refractivity contribution in [3.8, 4) is 11.1 Å². The average molecular weight is 183 g/mol. The number of aliphatic hydroxyl groups is 1. The second kappa shape index (κ2) is 4.07. The molecule has 0 atom stereocenters. The first-order chi connectivity index (χ1) is 6.90. The molecule has 0 aliphatic carbocycles. The quantitative estimate of drug-likeness (QED) is 0.758. The molecule has 0 bridgehead atoms. The zero-order chi connectivity index (χ0) is 9.80. The minimum absolute atomic E-state index is 0.0901. The molecule has 0 aliphatic heterocycles. The zero-order valence-corrected chi connectivity index (χ0v) is 7.77. The highest BCUT2D eigenvalue weighted by Crippen LogP contribution is 2.19. The SMILES string of the molecule is OCc1cccc(-c2cc[c]cc2)c1. The molecule has 0 aliphatic rings. The molecule has 0 amide bonds. The molecule has 0 fully saturated rings. The predicted octanol–water partition coefficient (Wildman–Crippen LogP) is 2.65. The van der Waals surface area contributed by atoms with Crippen LogP contribution in [0.3, 0.4) is 0 Å². The zero-order valence-electron chi connectivity index (χ0n) is 7.77. The van der Waals surface area contributed by atoms with Crippen LogP contribution in [0, 0.1) is 6.07 Å². The van der Waals surface area contributed by atoms with Gasteiger partial charge in [-0.15, -0.1) is 0 Å². The lowest BCUT2D eigenvalue weighted by atomic mass is 10.0. The van der Waals surface area contributed by atoms with Crippen molar-refractivity contribution in [1.82, 2.24) is 0 Å². The molecular weight excluding hydrogens is 172 g/mol. The Bertz CT molecular complexity index is 407. The van der Waals surface area contributed by atoms with E-state index in [0.29, 0.717) is 0 Å². The van der Waals surface area contributed by atoms with Crippen LogP contribution in [0.4, 0.5) is 0 Å². The first-order valence-corrected chi connectivity index (χ1v) is 4.56. The van der Waals surface area contributed by atoms with Gasteiger partial charge < -0.3 is 5.11 Å². The molecule has 1 nitrogen and oxygen atoms in total. The Labute approximate surface area is 83.6 Å². The van der Waals surface area contributed by atoms with Gasteiger partial charge in [0, 0.05) is 0 Å². The fraction of sp³-hybridized carbons (Fsp3) is 0.0769. The highest BCUT2D eigenvalue weighted by molar-refractivity contribution is 5.63. The molecule has 0 unspecified atom stereocenters. The van der Waals surface area contributed by atoms with Crippen molar-refractivity contribution in [2.75, 3.05) is 0 Å². The summed E-state index contributed by atoms with van der Waals surface area (Å²) in [5, 5.41) is 9.00. The van der Waals surface area contributed by atoms with E-state index in [1.54, 1.807) is 0 Å². The maximum atomic E-state index is 9.00. The Morgan fingerprint density at radius 3 is 2.50 bits per heavy atom. The van der Waals surface area contributed by atoms with Crippen LogP contribution >= 0.6 is 0 Å². The third-order valence-electron chi connectivity index (χ3n) is 2.16. The maximum Gasteiger partial charge on any atom is 0.0682 e. The molecule has 69 valence electrons. The van der Waals surface area contributed by atoms with Gasteiger partial charge in [0.2, 0.25) is 0 Å². The van der Waals surface area contributed by atoms with Gasteiger partial charge in [0.25, 0.3) is 0 Å². The number of hydrogen-bond donors (Lipinski definition) is 1. The molecule has 2 rings (SSSR count). The van der Waals surface area contributed by atoms with E-state index in [9.17, 15) is 0 Å². The van der Waals surface area contributed by atoms with Gasteiger partial charge in [-0.3, -0.25) is 0 Å². The lowest BCUT2D eigenvalue weighted by molar-refractivity contribution is 0.282. The predicted molar refractivity (Wildman–Crippen MR) is 56.6 cm³/mol. The number of hydrogen-bond acceptors (Lipinski definition) is 1. The molecule has 0 spiro atoms. The van der Waals surface area contributed by atoms with Crippen molar-refractivity contribution in [1.29, 1.82) is 0 Å². The van der Waals surface area contributed by atoms with Crippen molar-refractivity contribution in [2.24, 2.45) is 0 Å². The van der Waals surface area contributed by atoms with Gasteiger partial charge in [0.15, 0.2) is 0 Å². The number of rotatable bonds is 2. The Morgan fingerprint density at radius 1 is 1.00 bits per heavy atom. The second-order valence-corrected chi connectivity index (χ2v) is 3.15. The van der Waals surface area contributed by atoms with Gasteiger partial charge in [-0.05, 0) is 28.8 Å². The highest BCUT2D eigenvalue weighted by atomic mass is 16.3. The van der Waals surface area contributed by atoms with Crippen LogP contribution in [0.2, 0.25) is 0 Å². The molecule has 0 saturated heterocycles. The van der Waals surface area contributed by atoms with Gasteiger partial charge in [0.1, 0.15) is 0 Å². The Hall–Kier alpha value is -1.60. The van der Waals surface area contributed by atoms with Crippen molar-refractivity contribution in [3.05, 3.63) is 60.2 Å². The molecule has 1 radical (unpaired) electrons. The van der Waals surface area contributed by atoms with E-state index in [4.69, 9.17) is 5.11 Å². The Kier molecular flexibility index (Phi) is 2.61. The molecule has 0 aromatic heterocycles. The summed E-state index contributed by atoms with van der Waals surface area (Å²) >= 11 is 0. The molecule has 2 aromatic carbocycles. The molecular formula is C13H11O. The van der Waals surface area contributed by atoms with Gasteiger partial charge in [-0.2, -0.15) is 0 Å². The highest BCUT2D eigenvalue weighted by Gasteiger charge is 1.96. The van der Waals surface area contributed by atoms with Crippen molar-refractivity contribution in [3.63, 3.8) is 0 Å². The standard InChI is InChI=1S/C13H11O/c14-10-11-5-4-8-13(9-11)12-6-2-1-3-7-12/h2-9,14H,10H2. The largest absolute Gasteiger partial charge is 0.392 e. The fourth-order valence-electron chi connectivity index (χ4n) is 1.43. The summed E-state index contributed by atoms with van der Waals surface area (Å²) in [4.78, 5) is 0. The lowest BCUT2D eigenvalue weighted by Gasteiger charge is -2.02. The van der Waals surface area contributed by atoms with Gasteiger partial charge >= 0.3 is 0 Å². The first kappa shape index (κ1) is 8.97. The minimum atomic E-state index is 0.0901. The van der Waals surface area contributed by atoms with Crippen LogP contribution in [0.1, 0.15) is 5.56 Å². The van der Waals surface area contributed by atoms with Gasteiger partial charge in [-0.25, -0.2) is 0 Å². The average Bonchev–Trinajstić information content (AvgIpc) is 2.30. The third-order valence-corrected chi connectivity index (χ3v) is 2.16. The van der Waals surface area contributed by atoms with Crippen LogP contribution in [-0.4, -0.2) is 5.11 Å². The third kappa shape index (κ3) is 1.83. The van der Waals surface area contributed by atoms with E-state index >= 15 is 0 Å². The van der Waals surface area contributed by atoms with Crippen molar-refractivity contribution < 1.29 is 5.11 Å². The number of benzene rings is 2. The number of aliphatic hydroxyl groups excluding tert-OH is 1.